The van der Waals surface area contributed by atoms with Crippen LogP contribution in [0.4, 0.5) is 5.69 Å². The molecule has 4 nitrogen and oxygen atoms in total. The zero-order chi connectivity index (χ0) is 12.3. The first kappa shape index (κ1) is 12.1. The van der Waals surface area contributed by atoms with Crippen LogP contribution < -0.4 is 5.32 Å². The monoisotopic (exact) mass is 234 g/mol. The average Bonchev–Trinajstić information content (AvgIpc) is 2.69. The van der Waals surface area contributed by atoms with Gasteiger partial charge in [0.2, 0.25) is 5.91 Å². The fourth-order valence-electron chi connectivity index (χ4n) is 2.18. The van der Waals surface area contributed by atoms with Gasteiger partial charge in [0.15, 0.2) is 0 Å². The fraction of sp³-hybridized carbons (Fsp3) is 0.462. The number of carbonyl (C=O) groups is 1. The Balaban J connectivity index is 2.11. The fourth-order valence-corrected chi connectivity index (χ4v) is 2.18. The maximum absolute atomic E-state index is 11.1. The molecule has 0 radical (unpaired) electrons. The van der Waals surface area contributed by atoms with Crippen LogP contribution in [0.1, 0.15) is 18.1 Å². The number of methoxy groups -OCH3 is 1. The summed E-state index contributed by atoms with van der Waals surface area (Å²) in [4.78, 5) is 13.4. The smallest absolute Gasteiger partial charge is 0.221 e. The summed E-state index contributed by atoms with van der Waals surface area (Å²) in [7, 11) is 1.71. The van der Waals surface area contributed by atoms with Crippen molar-refractivity contribution in [2.75, 3.05) is 25.6 Å². The number of carbonyl (C=O) groups excluding carboxylic acids is 1. The van der Waals surface area contributed by atoms with Crippen molar-refractivity contribution in [1.82, 2.24) is 4.90 Å². The maximum atomic E-state index is 11.1. The molecule has 1 aromatic carbocycles. The lowest BCUT2D eigenvalue weighted by atomic mass is 10.1. The molecule has 0 atom stereocenters. The minimum atomic E-state index is -0.0197. The van der Waals surface area contributed by atoms with Crippen molar-refractivity contribution < 1.29 is 9.53 Å². The van der Waals surface area contributed by atoms with Gasteiger partial charge in [-0.05, 0) is 17.2 Å². The van der Waals surface area contributed by atoms with E-state index in [0.717, 1.165) is 31.9 Å². The largest absolute Gasteiger partial charge is 0.383 e. The highest BCUT2D eigenvalue weighted by Gasteiger charge is 2.21. The highest BCUT2D eigenvalue weighted by molar-refractivity contribution is 5.89. The molecule has 1 aromatic rings. The molecule has 2 rings (SSSR count). The summed E-state index contributed by atoms with van der Waals surface area (Å²) in [6, 6.07) is 6.07. The number of anilines is 1. The number of hydrogen-bond acceptors (Lipinski definition) is 3. The van der Waals surface area contributed by atoms with E-state index in [0.29, 0.717) is 0 Å². The Morgan fingerprint density at radius 1 is 1.47 bits per heavy atom. The van der Waals surface area contributed by atoms with Crippen molar-refractivity contribution in [2.24, 2.45) is 0 Å². The summed E-state index contributed by atoms with van der Waals surface area (Å²) in [5.74, 6) is -0.0197. The molecule has 0 bridgehead atoms. The number of benzene rings is 1. The first-order valence-electron chi connectivity index (χ1n) is 5.80. The topological polar surface area (TPSA) is 41.6 Å². The summed E-state index contributed by atoms with van der Waals surface area (Å²) in [5, 5.41) is 2.88. The molecule has 1 heterocycles. The Morgan fingerprint density at radius 3 is 3.00 bits per heavy atom. The minimum Gasteiger partial charge on any atom is -0.383 e. The molecular weight excluding hydrogens is 216 g/mol. The van der Waals surface area contributed by atoms with E-state index < -0.39 is 0 Å². The molecule has 0 saturated carbocycles. The van der Waals surface area contributed by atoms with E-state index in [4.69, 9.17) is 4.74 Å². The number of rotatable bonds is 4. The number of nitrogens with one attached hydrogen (secondary N) is 1. The molecule has 1 aliphatic rings. The molecule has 0 saturated heterocycles. The van der Waals surface area contributed by atoms with Crippen molar-refractivity contribution in [2.45, 2.75) is 20.0 Å². The summed E-state index contributed by atoms with van der Waals surface area (Å²) >= 11 is 0. The Labute approximate surface area is 102 Å². The number of nitrogens with zero attached hydrogens (tertiary/aromatic N) is 1. The summed E-state index contributed by atoms with van der Waals surface area (Å²) < 4.78 is 5.09. The van der Waals surface area contributed by atoms with Gasteiger partial charge in [-0.1, -0.05) is 12.1 Å². The van der Waals surface area contributed by atoms with E-state index in [1.165, 1.54) is 18.1 Å². The Morgan fingerprint density at radius 2 is 2.29 bits per heavy atom. The van der Waals surface area contributed by atoms with Crippen LogP contribution in [0.2, 0.25) is 0 Å². The molecule has 0 spiro atoms. The van der Waals surface area contributed by atoms with Gasteiger partial charge < -0.3 is 10.1 Å². The van der Waals surface area contributed by atoms with E-state index in [1.807, 2.05) is 12.1 Å². The second-order valence-electron chi connectivity index (χ2n) is 4.33. The summed E-state index contributed by atoms with van der Waals surface area (Å²) in [5.41, 5.74) is 3.47. The lowest BCUT2D eigenvalue weighted by molar-refractivity contribution is -0.114. The van der Waals surface area contributed by atoms with E-state index in [2.05, 4.69) is 16.3 Å². The van der Waals surface area contributed by atoms with Gasteiger partial charge in [0, 0.05) is 39.4 Å². The van der Waals surface area contributed by atoms with Crippen LogP contribution in [0.15, 0.2) is 18.2 Å². The first-order valence-corrected chi connectivity index (χ1v) is 5.80. The number of fused-ring (bicyclic) bond motifs is 1. The van der Waals surface area contributed by atoms with Crippen LogP contribution in [0.25, 0.3) is 0 Å². The van der Waals surface area contributed by atoms with Gasteiger partial charge in [-0.2, -0.15) is 0 Å². The third-order valence-corrected chi connectivity index (χ3v) is 2.97. The molecule has 92 valence electrons. The van der Waals surface area contributed by atoms with Crippen molar-refractivity contribution in [1.29, 1.82) is 0 Å². The van der Waals surface area contributed by atoms with Gasteiger partial charge in [-0.3, -0.25) is 9.69 Å². The number of hydrogen-bond donors (Lipinski definition) is 1. The SMILES string of the molecule is COCCN1Cc2cccc(NC(C)=O)c2C1. The molecule has 17 heavy (non-hydrogen) atoms. The third kappa shape index (κ3) is 2.84. The predicted molar refractivity (Wildman–Crippen MR) is 66.7 cm³/mol. The molecule has 1 aliphatic heterocycles. The quantitative estimate of drug-likeness (QED) is 0.860. The molecular formula is C13H18N2O2. The van der Waals surface area contributed by atoms with Crippen molar-refractivity contribution in [3.05, 3.63) is 29.3 Å². The Bertz CT molecular complexity index is 418. The van der Waals surface area contributed by atoms with Crippen molar-refractivity contribution in [3.8, 4) is 0 Å². The van der Waals surface area contributed by atoms with Crippen LogP contribution in [-0.2, 0) is 22.6 Å². The highest BCUT2D eigenvalue weighted by atomic mass is 16.5. The van der Waals surface area contributed by atoms with Crippen LogP contribution in [0.3, 0.4) is 0 Å². The molecule has 1 N–H and O–H groups in total. The van der Waals surface area contributed by atoms with E-state index >= 15 is 0 Å². The summed E-state index contributed by atoms with van der Waals surface area (Å²) in [6.07, 6.45) is 0. The second-order valence-corrected chi connectivity index (χ2v) is 4.33. The standard InChI is InChI=1S/C13H18N2O2/c1-10(16)14-13-5-3-4-11-8-15(6-7-17-2)9-12(11)13/h3-5H,6-9H2,1-2H3,(H,14,16). The average molecular weight is 234 g/mol. The van der Waals surface area contributed by atoms with Gasteiger partial charge >= 0.3 is 0 Å². The van der Waals surface area contributed by atoms with Crippen LogP contribution in [0, 0.1) is 0 Å². The molecule has 0 fully saturated rings. The Hall–Kier alpha value is -1.39. The molecule has 0 aliphatic carbocycles. The molecule has 4 heteroatoms. The number of ether oxygens (including phenoxy) is 1. The van der Waals surface area contributed by atoms with Gasteiger partial charge in [-0.15, -0.1) is 0 Å². The zero-order valence-corrected chi connectivity index (χ0v) is 10.3. The molecule has 1 amide bonds. The first-order chi connectivity index (χ1) is 8.20. The van der Waals surface area contributed by atoms with Gasteiger partial charge in [0.1, 0.15) is 0 Å². The minimum absolute atomic E-state index is 0.0197. The van der Waals surface area contributed by atoms with Crippen molar-refractivity contribution >= 4 is 11.6 Å². The van der Waals surface area contributed by atoms with E-state index in [1.54, 1.807) is 7.11 Å². The third-order valence-electron chi connectivity index (χ3n) is 2.97. The van der Waals surface area contributed by atoms with Crippen LogP contribution in [0.5, 0.6) is 0 Å². The van der Waals surface area contributed by atoms with Gasteiger partial charge in [0.25, 0.3) is 0 Å². The summed E-state index contributed by atoms with van der Waals surface area (Å²) in [6.45, 7) is 5.02. The second kappa shape index (κ2) is 5.29. The van der Waals surface area contributed by atoms with Gasteiger partial charge in [0.05, 0.1) is 6.61 Å². The predicted octanol–water partition coefficient (Wildman–Crippen LogP) is 1.61. The maximum Gasteiger partial charge on any atom is 0.221 e. The van der Waals surface area contributed by atoms with Crippen molar-refractivity contribution in [3.63, 3.8) is 0 Å². The van der Waals surface area contributed by atoms with E-state index in [-0.39, 0.29) is 5.91 Å². The number of amides is 1. The molecule has 0 unspecified atom stereocenters. The lowest BCUT2D eigenvalue weighted by Crippen LogP contribution is -2.21. The molecule has 0 aromatic heterocycles. The normalized spacial score (nSPS) is 14.7. The van der Waals surface area contributed by atoms with E-state index in [9.17, 15) is 4.79 Å². The van der Waals surface area contributed by atoms with Crippen LogP contribution in [-0.4, -0.2) is 31.1 Å². The Kier molecular flexibility index (Phi) is 3.76. The zero-order valence-electron chi connectivity index (χ0n) is 10.3. The highest BCUT2D eigenvalue weighted by Crippen LogP contribution is 2.28. The lowest BCUT2D eigenvalue weighted by Gasteiger charge is -2.13. The van der Waals surface area contributed by atoms with Gasteiger partial charge in [-0.25, -0.2) is 0 Å². The van der Waals surface area contributed by atoms with Crippen LogP contribution >= 0.6 is 0 Å².